The number of rotatable bonds is 5. The summed E-state index contributed by atoms with van der Waals surface area (Å²) >= 11 is 11.6. The first-order valence-corrected chi connectivity index (χ1v) is 12.6. The van der Waals surface area contributed by atoms with E-state index in [1.165, 1.54) is 14.2 Å². The highest BCUT2D eigenvalue weighted by atomic mass is 35.5. The number of hydrogen-bond donors (Lipinski definition) is 3. The smallest absolute Gasteiger partial charge is 0.337 e. The van der Waals surface area contributed by atoms with Crippen LogP contribution >= 0.6 is 23.8 Å². The van der Waals surface area contributed by atoms with E-state index in [-0.39, 0.29) is 5.91 Å². The number of carbonyl (C=O) groups excluding carboxylic acids is 3. The Hall–Kier alpha value is -4.41. The van der Waals surface area contributed by atoms with Crippen molar-refractivity contribution < 1.29 is 23.9 Å². The van der Waals surface area contributed by atoms with E-state index in [1.807, 2.05) is 0 Å². The molecule has 2 aliphatic heterocycles. The normalized spacial score (nSPS) is 18.4. The second kappa shape index (κ2) is 10.8. The molecule has 9 nitrogen and oxygen atoms in total. The zero-order valence-electron chi connectivity index (χ0n) is 20.9. The predicted octanol–water partition coefficient (Wildman–Crippen LogP) is 3.98. The van der Waals surface area contributed by atoms with Gasteiger partial charge in [0, 0.05) is 10.7 Å². The van der Waals surface area contributed by atoms with Gasteiger partial charge in [0.05, 0.1) is 37.0 Å². The first kappa shape index (κ1) is 26.2. The van der Waals surface area contributed by atoms with Crippen LogP contribution in [0.2, 0.25) is 5.02 Å². The van der Waals surface area contributed by atoms with Crippen LogP contribution in [0.3, 0.4) is 0 Å². The van der Waals surface area contributed by atoms with Gasteiger partial charge in [0.1, 0.15) is 12.0 Å². The lowest BCUT2D eigenvalue weighted by molar-refractivity contribution is -0.116. The molecule has 2 atom stereocenters. The van der Waals surface area contributed by atoms with Gasteiger partial charge in [-0.3, -0.25) is 9.69 Å². The highest BCUT2D eigenvalue weighted by Crippen LogP contribution is 2.38. The molecular weight excluding hydrogens is 540 g/mol. The molecule has 2 aliphatic rings. The van der Waals surface area contributed by atoms with Crippen LogP contribution in [0.5, 0.6) is 0 Å². The lowest BCUT2D eigenvalue weighted by atomic mass is 9.92. The second-order valence-corrected chi connectivity index (χ2v) is 9.59. The molecule has 3 aromatic carbocycles. The van der Waals surface area contributed by atoms with Crippen molar-refractivity contribution in [3.63, 3.8) is 0 Å². The fourth-order valence-corrected chi connectivity index (χ4v) is 4.90. The molecule has 3 aromatic rings. The number of carbonyl (C=O) groups is 3. The molecule has 2 heterocycles. The summed E-state index contributed by atoms with van der Waals surface area (Å²) in [6.45, 7) is 0. The van der Waals surface area contributed by atoms with E-state index in [2.05, 4.69) is 16.0 Å². The van der Waals surface area contributed by atoms with Crippen molar-refractivity contribution >= 4 is 52.5 Å². The summed E-state index contributed by atoms with van der Waals surface area (Å²) in [4.78, 5) is 39.8. The van der Waals surface area contributed by atoms with Crippen LogP contribution in [-0.4, -0.2) is 37.2 Å². The van der Waals surface area contributed by atoms with Crippen molar-refractivity contribution in [3.05, 3.63) is 111 Å². The van der Waals surface area contributed by atoms with E-state index in [0.717, 1.165) is 11.1 Å². The van der Waals surface area contributed by atoms with Crippen molar-refractivity contribution in [2.45, 2.75) is 12.2 Å². The number of anilines is 1. The Morgan fingerprint density at radius 3 is 1.90 bits per heavy atom. The molecule has 198 valence electrons. The molecule has 0 saturated heterocycles. The second-order valence-electron chi connectivity index (χ2n) is 8.75. The molecule has 3 N–H and O–H groups in total. The number of benzene rings is 3. The van der Waals surface area contributed by atoms with Crippen LogP contribution in [0, 0.1) is 0 Å². The number of amides is 1. The maximum Gasteiger partial charge on any atom is 0.337 e. The van der Waals surface area contributed by atoms with E-state index < -0.39 is 24.1 Å². The summed E-state index contributed by atoms with van der Waals surface area (Å²) in [6.07, 6.45) is -0.639. The van der Waals surface area contributed by atoms with Crippen LogP contribution in [0.15, 0.2) is 84.2 Å². The number of nitrogens with one attached hydrogen (secondary N) is 3. The van der Waals surface area contributed by atoms with Crippen LogP contribution in [0.25, 0.3) is 0 Å². The molecule has 11 heteroatoms. The average Bonchev–Trinajstić information content (AvgIpc) is 2.96. The molecule has 0 fully saturated rings. The SMILES string of the molecule is COC(=O)c1ccc([C@@H]2NC(=S)NC3=C2C(=O)N(c2ccc(Cl)cc2)[C@H](c2ccc(C(=O)OC)cc2)N3)cc1. The number of halogens is 1. The molecule has 0 aliphatic carbocycles. The number of hydrogen-bond acceptors (Lipinski definition) is 7. The van der Waals surface area contributed by atoms with E-state index >= 15 is 0 Å². The fourth-order valence-electron chi connectivity index (χ4n) is 4.56. The van der Waals surface area contributed by atoms with Gasteiger partial charge in [-0.05, 0) is 71.9 Å². The Morgan fingerprint density at radius 2 is 1.36 bits per heavy atom. The first-order chi connectivity index (χ1) is 18.8. The molecule has 0 spiro atoms. The van der Waals surface area contributed by atoms with E-state index in [9.17, 15) is 14.4 Å². The number of esters is 2. The van der Waals surface area contributed by atoms with E-state index in [4.69, 9.17) is 33.3 Å². The van der Waals surface area contributed by atoms with Gasteiger partial charge in [0.25, 0.3) is 5.91 Å². The summed E-state index contributed by atoms with van der Waals surface area (Å²) in [6, 6.07) is 19.9. The molecule has 0 bridgehead atoms. The number of nitrogens with zero attached hydrogens (tertiary/aromatic N) is 1. The topological polar surface area (TPSA) is 109 Å². The van der Waals surface area contributed by atoms with Crippen molar-refractivity contribution in [3.8, 4) is 0 Å². The number of methoxy groups -OCH3 is 2. The molecule has 0 aromatic heterocycles. The summed E-state index contributed by atoms with van der Waals surface area (Å²) in [7, 11) is 2.64. The van der Waals surface area contributed by atoms with Crippen LogP contribution in [0.1, 0.15) is 44.1 Å². The van der Waals surface area contributed by atoms with Gasteiger partial charge in [0.15, 0.2) is 5.11 Å². The monoisotopic (exact) mass is 562 g/mol. The van der Waals surface area contributed by atoms with Gasteiger partial charge in [-0.1, -0.05) is 35.9 Å². The molecule has 39 heavy (non-hydrogen) atoms. The average molecular weight is 563 g/mol. The minimum Gasteiger partial charge on any atom is -0.465 e. The van der Waals surface area contributed by atoms with Gasteiger partial charge in [-0.25, -0.2) is 9.59 Å². The quantitative estimate of drug-likeness (QED) is 0.314. The lowest BCUT2D eigenvalue weighted by Crippen LogP contribution is -2.58. The summed E-state index contributed by atoms with van der Waals surface area (Å²) in [5.41, 5.74) is 3.25. The zero-order chi connectivity index (χ0) is 27.7. The third kappa shape index (κ3) is 5.04. The minimum atomic E-state index is -0.639. The third-order valence-electron chi connectivity index (χ3n) is 6.48. The summed E-state index contributed by atoms with van der Waals surface area (Å²) < 4.78 is 9.60. The summed E-state index contributed by atoms with van der Waals surface area (Å²) in [5, 5.41) is 10.5. The summed E-state index contributed by atoms with van der Waals surface area (Å²) in [5.74, 6) is -0.739. The van der Waals surface area contributed by atoms with Gasteiger partial charge < -0.3 is 25.4 Å². The zero-order valence-corrected chi connectivity index (χ0v) is 22.4. The lowest BCUT2D eigenvalue weighted by Gasteiger charge is -2.43. The Labute approximate surface area is 234 Å². The van der Waals surface area contributed by atoms with Gasteiger partial charge in [-0.2, -0.15) is 0 Å². The Morgan fingerprint density at radius 1 is 0.821 bits per heavy atom. The van der Waals surface area contributed by atoms with Crippen molar-refractivity contribution in [2.24, 2.45) is 0 Å². The Bertz CT molecular complexity index is 1490. The van der Waals surface area contributed by atoms with Crippen LogP contribution in [-0.2, 0) is 14.3 Å². The van der Waals surface area contributed by atoms with Crippen molar-refractivity contribution in [2.75, 3.05) is 19.1 Å². The van der Waals surface area contributed by atoms with Crippen LogP contribution < -0.4 is 20.9 Å². The van der Waals surface area contributed by atoms with Gasteiger partial charge in [-0.15, -0.1) is 0 Å². The van der Waals surface area contributed by atoms with Crippen molar-refractivity contribution in [1.29, 1.82) is 0 Å². The highest BCUT2D eigenvalue weighted by molar-refractivity contribution is 7.80. The van der Waals surface area contributed by atoms with Crippen LogP contribution in [0.4, 0.5) is 5.69 Å². The standard InChI is InChI=1S/C28H23ClN4O5S/c1-37-26(35)17-7-3-15(4-8-17)22-21-23(32-28(39)30-22)31-24(16-5-9-18(10-6-16)27(36)38-2)33(25(21)34)20-13-11-19(29)12-14-20/h3-14,22,24,31H,1-2H3,(H2,30,32,39)/t22-,24+/m0/s1. The predicted molar refractivity (Wildman–Crippen MR) is 149 cm³/mol. The minimum absolute atomic E-state index is 0.280. The maximum atomic E-state index is 14.3. The maximum absolute atomic E-state index is 14.3. The fraction of sp³-hybridized carbons (Fsp3) is 0.143. The molecular formula is C28H23ClN4O5S. The Balaban J connectivity index is 1.59. The third-order valence-corrected chi connectivity index (χ3v) is 6.95. The van der Waals surface area contributed by atoms with E-state index in [1.54, 1.807) is 77.7 Å². The first-order valence-electron chi connectivity index (χ1n) is 11.8. The number of thiocarbonyl (C=S) groups is 1. The largest absolute Gasteiger partial charge is 0.465 e. The highest BCUT2D eigenvalue weighted by Gasteiger charge is 2.42. The molecule has 0 radical (unpaired) electrons. The number of ether oxygens (including phenoxy) is 2. The van der Waals surface area contributed by atoms with E-state index in [0.29, 0.717) is 38.3 Å². The van der Waals surface area contributed by atoms with Gasteiger partial charge >= 0.3 is 11.9 Å². The van der Waals surface area contributed by atoms with Gasteiger partial charge in [0.2, 0.25) is 0 Å². The molecule has 0 saturated carbocycles. The van der Waals surface area contributed by atoms with Crippen molar-refractivity contribution in [1.82, 2.24) is 16.0 Å². The molecule has 1 amide bonds. The Kier molecular flexibility index (Phi) is 7.23. The molecule has 0 unspecified atom stereocenters. The molecule has 5 rings (SSSR count).